The smallest absolute Gasteiger partial charge is 0.123 e. The molecule has 0 heterocycles. The molecule has 0 saturated carbocycles. The molecule has 2 nitrogen and oxygen atoms in total. The monoisotopic (exact) mass is 317 g/mol. The second kappa shape index (κ2) is 7.43. The summed E-state index contributed by atoms with van der Waals surface area (Å²) < 4.78 is 19.1. The van der Waals surface area contributed by atoms with E-state index in [-0.39, 0.29) is 5.82 Å². The van der Waals surface area contributed by atoms with Crippen molar-refractivity contribution < 1.29 is 9.13 Å². The Bertz CT molecular complexity index is 838. The number of benzene rings is 3. The summed E-state index contributed by atoms with van der Waals surface area (Å²) in [5, 5.41) is 9.44. The van der Waals surface area contributed by atoms with E-state index in [2.05, 4.69) is 6.07 Å². The maximum absolute atomic E-state index is 13.4. The summed E-state index contributed by atoms with van der Waals surface area (Å²) >= 11 is 0. The van der Waals surface area contributed by atoms with Gasteiger partial charge in [0.05, 0.1) is 12.0 Å². The molecule has 3 heteroatoms. The third-order valence-corrected chi connectivity index (χ3v) is 3.77. The Balaban J connectivity index is 1.72. The van der Waals surface area contributed by atoms with Gasteiger partial charge in [-0.15, -0.1) is 0 Å². The average molecular weight is 317 g/mol. The van der Waals surface area contributed by atoms with Gasteiger partial charge in [-0.25, -0.2) is 4.39 Å². The van der Waals surface area contributed by atoms with Crippen LogP contribution in [0.3, 0.4) is 0 Å². The van der Waals surface area contributed by atoms with Crippen molar-refractivity contribution in [2.24, 2.45) is 0 Å². The molecule has 118 valence electrons. The maximum Gasteiger partial charge on any atom is 0.123 e. The van der Waals surface area contributed by atoms with Crippen molar-refractivity contribution in [3.8, 4) is 11.8 Å². The summed E-state index contributed by atoms with van der Waals surface area (Å²) in [6.07, 6.45) is 0. The number of hydrogen-bond donors (Lipinski definition) is 0. The first kappa shape index (κ1) is 15.8. The van der Waals surface area contributed by atoms with Crippen molar-refractivity contribution in [2.75, 3.05) is 0 Å². The minimum Gasteiger partial charge on any atom is -0.489 e. The molecule has 3 rings (SSSR count). The second-order valence-electron chi connectivity index (χ2n) is 5.46. The lowest BCUT2D eigenvalue weighted by Crippen LogP contribution is -1.99. The van der Waals surface area contributed by atoms with Crippen LogP contribution in [0.25, 0.3) is 0 Å². The molecule has 0 spiro atoms. The number of halogens is 1. The standard InChI is InChI=1S/C21H16FNO/c22-19-8-4-7-18(13-19)21(14-23)17-9-11-20(12-10-17)24-15-16-5-2-1-3-6-16/h1-13,21H,15H2. The fourth-order valence-electron chi connectivity index (χ4n) is 2.53. The van der Waals surface area contributed by atoms with Gasteiger partial charge in [-0.1, -0.05) is 54.6 Å². The molecule has 24 heavy (non-hydrogen) atoms. The zero-order chi connectivity index (χ0) is 16.8. The average Bonchev–Trinajstić information content (AvgIpc) is 2.63. The van der Waals surface area contributed by atoms with Crippen LogP contribution in [0.2, 0.25) is 0 Å². The van der Waals surface area contributed by atoms with Gasteiger partial charge < -0.3 is 4.74 Å². The predicted molar refractivity (Wildman–Crippen MR) is 91.1 cm³/mol. The Kier molecular flexibility index (Phi) is 4.88. The summed E-state index contributed by atoms with van der Waals surface area (Å²) in [5.41, 5.74) is 2.56. The summed E-state index contributed by atoms with van der Waals surface area (Å²) in [4.78, 5) is 0. The first-order chi connectivity index (χ1) is 11.8. The van der Waals surface area contributed by atoms with Gasteiger partial charge in [0.1, 0.15) is 18.2 Å². The molecule has 0 saturated heterocycles. The molecule has 1 atom stereocenters. The van der Waals surface area contributed by atoms with Gasteiger partial charge in [0.2, 0.25) is 0 Å². The van der Waals surface area contributed by atoms with E-state index in [1.165, 1.54) is 12.1 Å². The van der Waals surface area contributed by atoms with Crippen molar-refractivity contribution >= 4 is 0 Å². The van der Waals surface area contributed by atoms with Crippen LogP contribution in [-0.2, 0) is 6.61 Å². The first-order valence-corrected chi connectivity index (χ1v) is 7.68. The van der Waals surface area contributed by atoms with E-state index in [0.29, 0.717) is 12.2 Å². The summed E-state index contributed by atoms with van der Waals surface area (Å²) in [7, 11) is 0. The van der Waals surface area contributed by atoms with Crippen LogP contribution in [0, 0.1) is 17.1 Å². The van der Waals surface area contributed by atoms with Crippen molar-refractivity contribution in [3.63, 3.8) is 0 Å². The van der Waals surface area contributed by atoms with Gasteiger partial charge in [-0.2, -0.15) is 5.26 Å². The van der Waals surface area contributed by atoms with Crippen molar-refractivity contribution in [3.05, 3.63) is 101 Å². The van der Waals surface area contributed by atoms with E-state index in [9.17, 15) is 9.65 Å². The first-order valence-electron chi connectivity index (χ1n) is 7.68. The summed E-state index contributed by atoms with van der Waals surface area (Å²) in [5.74, 6) is -0.0991. The SMILES string of the molecule is N#CC(c1ccc(OCc2ccccc2)cc1)c1cccc(F)c1. The van der Waals surface area contributed by atoms with Crippen molar-refractivity contribution in [2.45, 2.75) is 12.5 Å². The molecule has 0 fully saturated rings. The van der Waals surface area contributed by atoms with Gasteiger partial charge in [0.25, 0.3) is 0 Å². The van der Waals surface area contributed by atoms with Crippen LogP contribution in [0.5, 0.6) is 5.75 Å². The molecule has 0 bridgehead atoms. The number of nitriles is 1. The van der Waals surface area contributed by atoms with Gasteiger partial charge in [-0.3, -0.25) is 0 Å². The van der Waals surface area contributed by atoms with Crippen LogP contribution in [0.15, 0.2) is 78.9 Å². The van der Waals surface area contributed by atoms with Crippen molar-refractivity contribution in [1.82, 2.24) is 0 Å². The highest BCUT2D eigenvalue weighted by atomic mass is 19.1. The number of nitrogens with zero attached hydrogens (tertiary/aromatic N) is 1. The molecule has 0 aliphatic carbocycles. The van der Waals surface area contributed by atoms with E-state index >= 15 is 0 Å². The molecule has 0 radical (unpaired) electrons. The van der Waals surface area contributed by atoms with Gasteiger partial charge in [0.15, 0.2) is 0 Å². The highest BCUT2D eigenvalue weighted by Crippen LogP contribution is 2.26. The molecule has 0 amide bonds. The highest BCUT2D eigenvalue weighted by molar-refractivity contribution is 5.40. The van der Waals surface area contributed by atoms with Crippen LogP contribution < -0.4 is 4.74 Å². The molecule has 1 unspecified atom stereocenters. The van der Waals surface area contributed by atoms with Crippen LogP contribution in [-0.4, -0.2) is 0 Å². The minimum absolute atomic E-state index is 0.337. The molecule has 0 aliphatic heterocycles. The maximum atomic E-state index is 13.4. The summed E-state index contributed by atoms with van der Waals surface area (Å²) in [6.45, 7) is 0.492. The number of rotatable bonds is 5. The molecule has 3 aromatic rings. The largest absolute Gasteiger partial charge is 0.489 e. The quantitative estimate of drug-likeness (QED) is 0.659. The highest BCUT2D eigenvalue weighted by Gasteiger charge is 2.14. The zero-order valence-corrected chi connectivity index (χ0v) is 13.0. The third-order valence-electron chi connectivity index (χ3n) is 3.77. The van der Waals surface area contributed by atoms with E-state index in [0.717, 1.165) is 16.9 Å². The predicted octanol–water partition coefficient (Wildman–Crippen LogP) is 5.06. The third kappa shape index (κ3) is 3.80. The fraction of sp³-hybridized carbons (Fsp3) is 0.0952. The summed E-state index contributed by atoms with van der Waals surface area (Å²) in [6, 6.07) is 25.7. The topological polar surface area (TPSA) is 33.0 Å². The lowest BCUT2D eigenvalue weighted by molar-refractivity contribution is 0.306. The Morgan fingerprint density at radius 3 is 2.29 bits per heavy atom. The van der Waals surface area contributed by atoms with Crippen molar-refractivity contribution in [1.29, 1.82) is 5.26 Å². The van der Waals surface area contributed by atoms with Crippen LogP contribution >= 0.6 is 0 Å². The number of hydrogen-bond acceptors (Lipinski definition) is 2. The molecule has 3 aromatic carbocycles. The Hall–Kier alpha value is -3.12. The lowest BCUT2D eigenvalue weighted by atomic mass is 9.92. The fourth-order valence-corrected chi connectivity index (χ4v) is 2.53. The van der Waals surface area contributed by atoms with E-state index in [1.807, 2.05) is 54.6 Å². The molecule has 0 aliphatic rings. The van der Waals surface area contributed by atoms with Gasteiger partial charge in [-0.05, 0) is 41.0 Å². The normalized spacial score (nSPS) is 11.5. The van der Waals surface area contributed by atoms with Gasteiger partial charge >= 0.3 is 0 Å². The molecular formula is C21H16FNO. The van der Waals surface area contributed by atoms with Gasteiger partial charge in [0, 0.05) is 0 Å². The van der Waals surface area contributed by atoms with E-state index in [4.69, 9.17) is 4.74 Å². The zero-order valence-electron chi connectivity index (χ0n) is 13.0. The van der Waals surface area contributed by atoms with E-state index in [1.54, 1.807) is 12.1 Å². The Labute approximate surface area is 140 Å². The van der Waals surface area contributed by atoms with E-state index < -0.39 is 5.92 Å². The second-order valence-corrected chi connectivity index (χ2v) is 5.46. The lowest BCUT2D eigenvalue weighted by Gasteiger charge is -2.11. The number of ether oxygens (including phenoxy) is 1. The van der Waals surface area contributed by atoms with Crippen LogP contribution in [0.1, 0.15) is 22.6 Å². The minimum atomic E-state index is -0.496. The Morgan fingerprint density at radius 1 is 0.875 bits per heavy atom. The Morgan fingerprint density at radius 2 is 1.62 bits per heavy atom. The molecule has 0 aromatic heterocycles. The van der Waals surface area contributed by atoms with Crippen LogP contribution in [0.4, 0.5) is 4.39 Å². The molecular weight excluding hydrogens is 301 g/mol. The molecule has 0 N–H and O–H groups in total.